The number of ether oxygens (including phenoxy) is 2. The van der Waals surface area contributed by atoms with Gasteiger partial charge in [0.1, 0.15) is 11.9 Å². The molecule has 1 saturated carbocycles. The molecule has 2 aliphatic heterocycles. The second-order valence-corrected chi connectivity index (χ2v) is 7.49. The summed E-state index contributed by atoms with van der Waals surface area (Å²) in [5, 5.41) is 11.9. The zero-order chi connectivity index (χ0) is 16.0. The van der Waals surface area contributed by atoms with Crippen LogP contribution in [-0.4, -0.2) is 48.5 Å². The van der Waals surface area contributed by atoms with E-state index in [1.54, 1.807) is 12.1 Å². The van der Waals surface area contributed by atoms with E-state index in [1.165, 1.54) is 0 Å². The van der Waals surface area contributed by atoms with Gasteiger partial charge >= 0.3 is 0 Å². The summed E-state index contributed by atoms with van der Waals surface area (Å²) < 4.78 is 11.8. The molecule has 23 heavy (non-hydrogen) atoms. The molecule has 0 aromatic heterocycles. The monoisotopic (exact) mass is 357 g/mol. The summed E-state index contributed by atoms with van der Waals surface area (Å²) in [4.78, 5) is 2.45. The molecule has 0 amide bonds. The zero-order valence-electron chi connectivity index (χ0n) is 12.9. The van der Waals surface area contributed by atoms with E-state index < -0.39 is 6.10 Å². The fraction of sp³-hybridized carbons (Fsp3) is 0.647. The highest BCUT2D eigenvalue weighted by Crippen LogP contribution is 2.49. The van der Waals surface area contributed by atoms with Crippen LogP contribution >= 0.6 is 23.2 Å². The van der Waals surface area contributed by atoms with Gasteiger partial charge in [-0.15, -0.1) is 0 Å². The SMILES string of the molecule is O[C@@H]1c2cc(Cl)cc(Cl)c2O[C@@H]2[C@H]1CCC[C@@H]2N1CCOCC1. The molecule has 6 heteroatoms. The molecule has 1 aliphatic carbocycles. The van der Waals surface area contributed by atoms with Crippen molar-refractivity contribution in [3.05, 3.63) is 27.7 Å². The fourth-order valence-electron chi connectivity index (χ4n) is 4.27. The number of fused-ring (bicyclic) bond motifs is 2. The Kier molecular flexibility index (Phi) is 4.45. The van der Waals surface area contributed by atoms with Crippen LogP contribution in [0.2, 0.25) is 10.0 Å². The van der Waals surface area contributed by atoms with Gasteiger partial charge in [-0.2, -0.15) is 0 Å². The molecule has 1 N–H and O–H groups in total. The Morgan fingerprint density at radius 2 is 1.91 bits per heavy atom. The van der Waals surface area contributed by atoms with Crippen molar-refractivity contribution in [1.82, 2.24) is 4.90 Å². The van der Waals surface area contributed by atoms with Crippen LogP contribution in [0.15, 0.2) is 12.1 Å². The number of morpholine rings is 1. The van der Waals surface area contributed by atoms with E-state index in [2.05, 4.69) is 4.90 Å². The van der Waals surface area contributed by atoms with Crippen molar-refractivity contribution >= 4 is 23.2 Å². The molecule has 0 unspecified atom stereocenters. The quantitative estimate of drug-likeness (QED) is 0.837. The minimum atomic E-state index is -0.566. The van der Waals surface area contributed by atoms with Crippen molar-refractivity contribution < 1.29 is 14.6 Å². The van der Waals surface area contributed by atoms with Crippen LogP contribution < -0.4 is 4.74 Å². The Bertz CT molecular complexity index is 591. The number of aliphatic hydroxyl groups is 1. The largest absolute Gasteiger partial charge is 0.486 e. The highest BCUT2D eigenvalue weighted by molar-refractivity contribution is 6.35. The van der Waals surface area contributed by atoms with Crippen molar-refractivity contribution in [2.24, 2.45) is 5.92 Å². The van der Waals surface area contributed by atoms with Crippen LogP contribution in [0.1, 0.15) is 30.9 Å². The van der Waals surface area contributed by atoms with E-state index >= 15 is 0 Å². The van der Waals surface area contributed by atoms with Crippen molar-refractivity contribution in [2.45, 2.75) is 37.5 Å². The number of benzene rings is 1. The second kappa shape index (κ2) is 6.41. The molecular formula is C17H21Cl2NO3. The van der Waals surface area contributed by atoms with Crippen molar-refractivity contribution in [3.63, 3.8) is 0 Å². The van der Waals surface area contributed by atoms with Gasteiger partial charge in [0.05, 0.1) is 24.3 Å². The number of halogens is 2. The summed E-state index contributed by atoms with van der Waals surface area (Å²) in [5.74, 6) is 0.698. The Labute approximate surface area is 146 Å². The van der Waals surface area contributed by atoms with Crippen molar-refractivity contribution in [2.75, 3.05) is 26.3 Å². The Morgan fingerprint density at radius 1 is 1.13 bits per heavy atom. The summed E-state index contributed by atoms with van der Waals surface area (Å²) >= 11 is 12.4. The summed E-state index contributed by atoms with van der Waals surface area (Å²) in [6, 6.07) is 3.77. The molecule has 4 rings (SSSR count). The van der Waals surface area contributed by atoms with Gasteiger partial charge in [-0.3, -0.25) is 4.90 Å². The molecule has 0 spiro atoms. The van der Waals surface area contributed by atoms with Crippen molar-refractivity contribution in [1.29, 1.82) is 0 Å². The molecular weight excluding hydrogens is 337 g/mol. The van der Waals surface area contributed by atoms with Gasteiger partial charge in [0.15, 0.2) is 0 Å². The standard InChI is InChI=1S/C17H21Cl2NO3/c18-10-8-12-15(21)11-2-1-3-14(20-4-6-22-7-5-20)17(11)23-16(12)13(19)9-10/h8-9,11,14-15,17,21H,1-7H2/t11-,14-,15-,17+/m0/s1. The van der Waals surface area contributed by atoms with Gasteiger partial charge < -0.3 is 14.6 Å². The summed E-state index contributed by atoms with van der Waals surface area (Å²) in [6.07, 6.45) is 2.57. The van der Waals surface area contributed by atoms with Crippen LogP contribution in [0.5, 0.6) is 5.75 Å². The summed E-state index contributed by atoms with van der Waals surface area (Å²) in [6.45, 7) is 3.38. The first kappa shape index (κ1) is 16.0. The van der Waals surface area contributed by atoms with E-state index in [9.17, 15) is 5.11 Å². The molecule has 126 valence electrons. The molecule has 0 radical (unpaired) electrons. The topological polar surface area (TPSA) is 41.9 Å². The molecule has 4 nitrogen and oxygen atoms in total. The van der Waals surface area contributed by atoms with Gasteiger partial charge in [-0.05, 0) is 25.0 Å². The predicted molar refractivity (Wildman–Crippen MR) is 89.4 cm³/mol. The van der Waals surface area contributed by atoms with E-state index in [1.807, 2.05) is 0 Å². The summed E-state index contributed by atoms with van der Waals surface area (Å²) in [7, 11) is 0. The van der Waals surface area contributed by atoms with Crippen LogP contribution in [0, 0.1) is 5.92 Å². The number of rotatable bonds is 1. The molecule has 1 aromatic rings. The molecule has 1 aromatic carbocycles. The van der Waals surface area contributed by atoms with E-state index in [-0.39, 0.29) is 12.0 Å². The second-order valence-electron chi connectivity index (χ2n) is 6.64. The molecule has 3 aliphatic rings. The maximum atomic E-state index is 10.9. The third kappa shape index (κ3) is 2.85. The minimum Gasteiger partial charge on any atom is -0.486 e. The molecule has 2 fully saturated rings. The van der Waals surface area contributed by atoms with Crippen LogP contribution in [0.4, 0.5) is 0 Å². The lowest BCUT2D eigenvalue weighted by Crippen LogP contribution is -2.57. The number of aliphatic hydroxyl groups excluding tert-OH is 1. The average Bonchev–Trinajstić information content (AvgIpc) is 2.56. The normalized spacial score (nSPS) is 34.4. The third-order valence-electron chi connectivity index (χ3n) is 5.37. The van der Waals surface area contributed by atoms with Gasteiger partial charge in [0, 0.05) is 35.6 Å². The lowest BCUT2D eigenvalue weighted by Gasteiger charge is -2.48. The van der Waals surface area contributed by atoms with Gasteiger partial charge in [-0.25, -0.2) is 0 Å². The average molecular weight is 358 g/mol. The molecule has 0 bridgehead atoms. The highest BCUT2D eigenvalue weighted by atomic mass is 35.5. The Balaban J connectivity index is 1.67. The van der Waals surface area contributed by atoms with Crippen LogP contribution in [-0.2, 0) is 4.74 Å². The van der Waals surface area contributed by atoms with Crippen LogP contribution in [0.3, 0.4) is 0 Å². The van der Waals surface area contributed by atoms with Gasteiger partial charge in [-0.1, -0.05) is 29.6 Å². The number of hydrogen-bond donors (Lipinski definition) is 1. The lowest BCUT2D eigenvalue weighted by atomic mass is 9.75. The molecule has 2 heterocycles. The minimum absolute atomic E-state index is 0.0250. The number of hydrogen-bond acceptors (Lipinski definition) is 4. The van der Waals surface area contributed by atoms with Crippen LogP contribution in [0.25, 0.3) is 0 Å². The molecule has 4 atom stereocenters. The first-order valence-electron chi connectivity index (χ1n) is 8.30. The predicted octanol–water partition coefficient (Wildman–Crippen LogP) is 3.29. The highest BCUT2D eigenvalue weighted by Gasteiger charge is 2.46. The van der Waals surface area contributed by atoms with E-state index in [0.717, 1.165) is 51.1 Å². The van der Waals surface area contributed by atoms with E-state index in [4.69, 9.17) is 32.7 Å². The van der Waals surface area contributed by atoms with Crippen molar-refractivity contribution in [3.8, 4) is 5.75 Å². The first-order chi connectivity index (χ1) is 11.1. The molecule has 1 saturated heterocycles. The van der Waals surface area contributed by atoms with E-state index in [0.29, 0.717) is 21.8 Å². The fourth-order valence-corrected chi connectivity index (χ4v) is 4.82. The maximum Gasteiger partial charge on any atom is 0.144 e. The first-order valence-corrected chi connectivity index (χ1v) is 9.06. The Morgan fingerprint density at radius 3 is 2.70 bits per heavy atom. The summed E-state index contributed by atoms with van der Waals surface area (Å²) in [5.41, 5.74) is 0.728. The maximum absolute atomic E-state index is 10.9. The smallest absolute Gasteiger partial charge is 0.144 e. The Hall–Kier alpha value is -0.520. The third-order valence-corrected chi connectivity index (χ3v) is 5.87. The number of nitrogens with zero attached hydrogens (tertiary/aromatic N) is 1. The zero-order valence-corrected chi connectivity index (χ0v) is 14.4. The van der Waals surface area contributed by atoms with Gasteiger partial charge in [0.2, 0.25) is 0 Å². The lowest BCUT2D eigenvalue weighted by molar-refractivity contribution is -0.0868. The van der Waals surface area contributed by atoms with Gasteiger partial charge in [0.25, 0.3) is 0 Å².